The molecule has 0 aromatic carbocycles. The molecule has 0 bridgehead atoms. The molecule has 0 aliphatic heterocycles. The van der Waals surface area contributed by atoms with Crippen LogP contribution in [0.25, 0.3) is 0 Å². The number of likely N-dealkylation sites (N-methyl/N-ethyl adjacent to an activating group) is 1. The van der Waals surface area contributed by atoms with Gasteiger partial charge in [0.05, 0.1) is 0 Å². The molecule has 0 N–H and O–H groups in total. The van der Waals surface area contributed by atoms with Crippen molar-refractivity contribution < 1.29 is 0 Å². The average Bonchev–Trinajstić information content (AvgIpc) is 2.14. The van der Waals surface area contributed by atoms with Crippen LogP contribution in [0.5, 0.6) is 0 Å². The lowest BCUT2D eigenvalue weighted by molar-refractivity contribution is 0.214. The van der Waals surface area contributed by atoms with Gasteiger partial charge < -0.3 is 4.90 Å². The van der Waals surface area contributed by atoms with Crippen molar-refractivity contribution in [1.29, 1.82) is 0 Å². The van der Waals surface area contributed by atoms with Gasteiger partial charge in [-0.3, -0.25) is 0 Å². The highest BCUT2D eigenvalue weighted by Crippen LogP contribution is 2.35. The summed E-state index contributed by atoms with van der Waals surface area (Å²) < 4.78 is 0. The third-order valence-corrected chi connectivity index (χ3v) is 3.10. The summed E-state index contributed by atoms with van der Waals surface area (Å²) >= 11 is 0. The van der Waals surface area contributed by atoms with Crippen LogP contribution in [-0.2, 0) is 0 Å². The smallest absolute Gasteiger partial charge is 0.0162 e. The second-order valence-electron chi connectivity index (χ2n) is 7.06. The van der Waals surface area contributed by atoms with Gasteiger partial charge in [0.1, 0.15) is 0 Å². The fourth-order valence-corrected chi connectivity index (χ4v) is 2.62. The number of allylic oxidation sites excluding steroid dienone is 1. The third kappa shape index (κ3) is 9.41. The lowest BCUT2D eigenvalue weighted by Crippen LogP contribution is -2.23. The minimum Gasteiger partial charge on any atom is -0.300 e. The minimum atomic E-state index is 0.415. The fourth-order valence-electron chi connectivity index (χ4n) is 2.62. The molecule has 0 spiro atoms. The van der Waals surface area contributed by atoms with Crippen molar-refractivity contribution >= 4 is 0 Å². The molecular formula is C16H33N. The summed E-state index contributed by atoms with van der Waals surface area (Å²) in [5.41, 5.74) is 0.841. The Morgan fingerprint density at radius 3 is 1.82 bits per heavy atom. The van der Waals surface area contributed by atoms with Crippen LogP contribution in [0.1, 0.15) is 61.3 Å². The van der Waals surface area contributed by atoms with Crippen molar-refractivity contribution in [2.45, 2.75) is 61.3 Å². The molecule has 0 heterocycles. The van der Waals surface area contributed by atoms with Crippen molar-refractivity contribution in [1.82, 2.24) is 4.90 Å². The molecule has 0 radical (unpaired) electrons. The predicted molar refractivity (Wildman–Crippen MR) is 79.4 cm³/mol. The van der Waals surface area contributed by atoms with E-state index in [2.05, 4.69) is 65.5 Å². The summed E-state index contributed by atoms with van der Waals surface area (Å²) in [6, 6.07) is 0. The Morgan fingerprint density at radius 2 is 1.41 bits per heavy atom. The van der Waals surface area contributed by atoms with E-state index in [4.69, 9.17) is 0 Å². The number of rotatable bonds is 7. The van der Waals surface area contributed by atoms with Crippen LogP contribution >= 0.6 is 0 Å². The molecule has 0 atom stereocenters. The molecule has 0 aromatic heterocycles. The monoisotopic (exact) mass is 239 g/mol. The second-order valence-corrected chi connectivity index (χ2v) is 7.06. The summed E-state index contributed by atoms with van der Waals surface area (Å²) in [5, 5.41) is 0. The van der Waals surface area contributed by atoms with Gasteiger partial charge in [-0.15, -0.1) is 0 Å². The third-order valence-electron chi connectivity index (χ3n) is 3.10. The largest absolute Gasteiger partial charge is 0.300 e. The SMILES string of the molecule is CCN(CC)CC=CCC(C)(C)CC(C)(C)C. The van der Waals surface area contributed by atoms with Gasteiger partial charge in [0.25, 0.3) is 0 Å². The maximum absolute atomic E-state index is 2.44. The van der Waals surface area contributed by atoms with Gasteiger partial charge in [-0.05, 0) is 36.8 Å². The van der Waals surface area contributed by atoms with Crippen LogP contribution in [0.3, 0.4) is 0 Å². The van der Waals surface area contributed by atoms with Gasteiger partial charge in [0, 0.05) is 6.54 Å². The highest BCUT2D eigenvalue weighted by atomic mass is 15.1. The zero-order valence-corrected chi connectivity index (χ0v) is 13.1. The Bertz CT molecular complexity index is 216. The van der Waals surface area contributed by atoms with Crippen molar-refractivity contribution in [2.75, 3.05) is 19.6 Å². The molecule has 17 heavy (non-hydrogen) atoms. The zero-order valence-electron chi connectivity index (χ0n) is 13.1. The van der Waals surface area contributed by atoms with E-state index in [0.29, 0.717) is 10.8 Å². The first-order valence-electron chi connectivity index (χ1n) is 7.07. The van der Waals surface area contributed by atoms with Crippen molar-refractivity contribution in [2.24, 2.45) is 10.8 Å². The summed E-state index contributed by atoms with van der Waals surface area (Å²) in [6.45, 7) is 19.6. The summed E-state index contributed by atoms with van der Waals surface area (Å²) in [6.07, 6.45) is 7.16. The molecule has 0 aliphatic carbocycles. The summed E-state index contributed by atoms with van der Waals surface area (Å²) in [5.74, 6) is 0. The Balaban J connectivity index is 4.04. The molecule has 0 fully saturated rings. The van der Waals surface area contributed by atoms with Crippen LogP contribution in [0.2, 0.25) is 0 Å². The van der Waals surface area contributed by atoms with Gasteiger partial charge in [0.15, 0.2) is 0 Å². The van der Waals surface area contributed by atoms with E-state index in [1.54, 1.807) is 0 Å². The molecular weight excluding hydrogens is 206 g/mol. The molecule has 0 rings (SSSR count). The van der Waals surface area contributed by atoms with Gasteiger partial charge >= 0.3 is 0 Å². The maximum Gasteiger partial charge on any atom is 0.0162 e. The quantitative estimate of drug-likeness (QED) is 0.580. The molecule has 0 saturated carbocycles. The predicted octanol–water partition coefficient (Wildman–Crippen LogP) is 4.74. The summed E-state index contributed by atoms with van der Waals surface area (Å²) in [7, 11) is 0. The van der Waals surface area contributed by atoms with Gasteiger partial charge in [0.2, 0.25) is 0 Å². The van der Waals surface area contributed by atoms with Crippen LogP contribution < -0.4 is 0 Å². The minimum absolute atomic E-state index is 0.415. The Labute approximate surface area is 109 Å². The van der Waals surface area contributed by atoms with Crippen LogP contribution in [0.15, 0.2) is 12.2 Å². The molecule has 0 amide bonds. The van der Waals surface area contributed by atoms with E-state index in [1.165, 1.54) is 12.8 Å². The van der Waals surface area contributed by atoms with Gasteiger partial charge in [-0.2, -0.15) is 0 Å². The lowest BCUT2D eigenvalue weighted by atomic mass is 9.74. The molecule has 1 heteroatoms. The first-order chi connectivity index (χ1) is 7.70. The average molecular weight is 239 g/mol. The van der Waals surface area contributed by atoms with E-state index < -0.39 is 0 Å². The van der Waals surface area contributed by atoms with Crippen molar-refractivity contribution in [3.05, 3.63) is 12.2 Å². The molecule has 1 nitrogen and oxygen atoms in total. The highest BCUT2D eigenvalue weighted by molar-refractivity contribution is 4.90. The van der Waals surface area contributed by atoms with E-state index in [1.807, 2.05) is 0 Å². The normalized spacial score (nSPS) is 13.9. The Hall–Kier alpha value is -0.300. The van der Waals surface area contributed by atoms with Crippen LogP contribution in [0, 0.1) is 10.8 Å². The molecule has 0 aromatic rings. The van der Waals surface area contributed by atoms with Crippen molar-refractivity contribution in [3.63, 3.8) is 0 Å². The van der Waals surface area contributed by atoms with Crippen LogP contribution in [-0.4, -0.2) is 24.5 Å². The molecule has 0 unspecified atom stereocenters. The zero-order chi connectivity index (χ0) is 13.5. The Morgan fingerprint density at radius 1 is 0.882 bits per heavy atom. The Kier molecular flexibility index (Phi) is 7.08. The van der Waals surface area contributed by atoms with Gasteiger partial charge in [-0.25, -0.2) is 0 Å². The van der Waals surface area contributed by atoms with E-state index in [0.717, 1.165) is 19.6 Å². The molecule has 0 saturated heterocycles. The maximum atomic E-state index is 2.44. The van der Waals surface area contributed by atoms with E-state index >= 15 is 0 Å². The first-order valence-corrected chi connectivity index (χ1v) is 7.07. The standard InChI is InChI=1S/C16H33N/c1-8-17(9-2)13-11-10-12-16(6,7)14-15(3,4)5/h10-11H,8-9,12-14H2,1-7H3. The topological polar surface area (TPSA) is 3.24 Å². The summed E-state index contributed by atoms with van der Waals surface area (Å²) in [4.78, 5) is 2.44. The molecule has 102 valence electrons. The highest BCUT2D eigenvalue weighted by Gasteiger charge is 2.23. The van der Waals surface area contributed by atoms with Crippen LogP contribution in [0.4, 0.5) is 0 Å². The van der Waals surface area contributed by atoms with E-state index in [9.17, 15) is 0 Å². The fraction of sp³-hybridized carbons (Fsp3) is 0.875. The van der Waals surface area contributed by atoms with E-state index in [-0.39, 0.29) is 0 Å². The number of hydrogen-bond donors (Lipinski definition) is 0. The first kappa shape index (κ1) is 16.7. The number of nitrogens with zero attached hydrogens (tertiary/aromatic N) is 1. The second kappa shape index (κ2) is 7.20. The van der Waals surface area contributed by atoms with Gasteiger partial charge in [-0.1, -0.05) is 60.6 Å². The molecule has 0 aliphatic rings. The number of hydrogen-bond acceptors (Lipinski definition) is 1. The van der Waals surface area contributed by atoms with Crippen molar-refractivity contribution in [3.8, 4) is 0 Å². The lowest BCUT2D eigenvalue weighted by Gasteiger charge is -2.31.